The van der Waals surface area contributed by atoms with Crippen molar-refractivity contribution in [2.45, 2.75) is 55.4 Å². The Morgan fingerprint density at radius 1 is 0.317 bits per heavy atom. The highest BCUT2D eigenvalue weighted by Crippen LogP contribution is 2.44. The number of urea groups is 3. The Hall–Kier alpha value is -14.0. The average molecular weight is 1690 g/mol. The molecule has 0 bridgehead atoms. The van der Waals surface area contributed by atoms with E-state index in [1.165, 1.54) is 57.8 Å². The summed E-state index contributed by atoms with van der Waals surface area (Å²) in [4.78, 5) is 75.2. The van der Waals surface area contributed by atoms with Crippen molar-refractivity contribution in [3.63, 3.8) is 0 Å². The molecule has 16 rings (SSSR count). The Morgan fingerprint density at radius 3 is 1.05 bits per heavy atom. The lowest BCUT2D eigenvalue weighted by molar-refractivity contribution is 0.261. The first kappa shape index (κ1) is 83.9. The van der Waals surface area contributed by atoms with Crippen LogP contribution < -0.4 is 48.3 Å². The molecule has 0 aliphatic heterocycles. The molecule has 0 atom stereocenters. The summed E-state index contributed by atoms with van der Waals surface area (Å²) in [5.74, 6) is -1.15. The smallest absolute Gasteiger partial charge is 0.323 e. The molecule has 120 heavy (non-hydrogen) atoms. The van der Waals surface area contributed by atoms with E-state index in [0.29, 0.717) is 60.3 Å². The minimum atomic E-state index is -0.529. The summed E-state index contributed by atoms with van der Waals surface area (Å²) in [6.07, 6.45) is 11.9. The predicted molar refractivity (Wildman–Crippen MR) is 489 cm³/mol. The van der Waals surface area contributed by atoms with Gasteiger partial charge < -0.3 is 48.3 Å². The van der Waals surface area contributed by atoms with E-state index in [1.807, 2.05) is 152 Å². The lowest BCUT2D eigenvalue weighted by atomic mass is 10.1. The molecule has 0 unspecified atom stereocenters. The molecule has 28 heteroatoms. The van der Waals surface area contributed by atoms with Crippen molar-refractivity contribution >= 4 is 132 Å². The number of thiocarbonyl (C=S) groups is 1. The molecule has 0 saturated heterocycles. The lowest BCUT2D eigenvalue weighted by Gasteiger charge is -2.12. The zero-order valence-electron chi connectivity index (χ0n) is 66.0. The van der Waals surface area contributed by atoms with Gasteiger partial charge in [-0.05, 0) is 212 Å². The molecule has 8 heterocycles. The van der Waals surface area contributed by atoms with Gasteiger partial charge in [0.1, 0.15) is 11.6 Å². The normalized spacial score (nSPS) is 10.6. The summed E-state index contributed by atoms with van der Waals surface area (Å²) >= 11 is 11.5. The largest absolute Gasteiger partial charge is 0.384 e. The van der Waals surface area contributed by atoms with Crippen LogP contribution >= 0.6 is 57.6 Å². The van der Waals surface area contributed by atoms with Gasteiger partial charge in [0.05, 0.1) is 79.4 Å². The summed E-state index contributed by atoms with van der Waals surface area (Å²) in [5, 5.41) is 26.5. The number of nitrogen functional groups attached to an aromatic ring is 1. The molecule has 0 fully saturated rings. The maximum atomic E-state index is 15.3. The molecule has 6 amide bonds. The fourth-order valence-electron chi connectivity index (χ4n) is 12.2. The summed E-state index contributed by atoms with van der Waals surface area (Å²) < 4.78 is 45.1. The van der Waals surface area contributed by atoms with E-state index in [1.54, 1.807) is 134 Å². The number of thiazole rings is 4. The van der Waals surface area contributed by atoms with Gasteiger partial charge >= 0.3 is 18.1 Å². The predicted octanol–water partition coefficient (Wildman–Crippen LogP) is 24.7. The maximum absolute atomic E-state index is 15.3. The Kier molecular flexibility index (Phi) is 27.5. The molecule has 20 nitrogen and oxygen atoms in total. The highest BCUT2D eigenvalue weighted by molar-refractivity contribution is 7.80. The highest BCUT2D eigenvalue weighted by Gasteiger charge is 2.24. The highest BCUT2D eigenvalue weighted by atomic mass is 32.1. The van der Waals surface area contributed by atoms with E-state index in [-0.39, 0.29) is 17.1 Å². The SMILES string of the molecule is Cc1ccc(NC(=O)Nc2cc(-c3sc(C)nc3-c3ccnc(N)c3)ccc2F)cc1.Cc1ccc(NC(=O)Nc2cccc(-c3sc(C)nc3-c3ccncc3)c2F)cc1.Cc1ccc(NC(=O)Nc2cccc(-c3sc(C)nc3-c3ccncc3)c2F)cc1.Cc1ccc(NC(=S)Nc2cccc(-c3sc(C)nc3-c3ccncc3)c2)cc1. The van der Waals surface area contributed by atoms with E-state index in [0.717, 1.165) is 103 Å². The van der Waals surface area contributed by atoms with E-state index in [9.17, 15) is 18.8 Å². The standard InChI is InChI=1S/C23H20FN5OS.2C23H19FN4OS.C23H20N4S2/c1-13-3-6-17(7-4-13)28-23(30)29-19-11-16(5-8-18(19)24)22-21(27-14(2)31-22)15-9-10-26-20(25)12-15;2*1-14-6-8-17(9-7-14)27-23(29)28-19-5-3-4-18(20(19)24)22-21(26-15(2)30-22)16-10-12-25-13-11-16;1-15-6-8-19(9-7-15)26-23(28)27-20-5-3-4-18(14-20)22-21(25-16(2)29-22)17-10-12-24-13-11-17/h3-12H,1-2H3,(H2,25,26)(H2,28,29,30);2*3-13H,1-2H3,(H2,27,28,29);3-14H,1-2H3,(H2,26,27,28). The molecule has 0 spiro atoms. The number of nitrogens with zero attached hydrogens (tertiary/aromatic N) is 8. The van der Waals surface area contributed by atoms with Crippen molar-refractivity contribution in [2.75, 3.05) is 48.3 Å². The minimum Gasteiger partial charge on any atom is -0.384 e. The number of pyridine rings is 4. The second-order valence-corrected chi connectivity index (χ2v) is 32.4. The van der Waals surface area contributed by atoms with E-state index < -0.39 is 35.5 Å². The molecule has 16 aromatic rings. The number of nitrogens with one attached hydrogen (secondary N) is 8. The van der Waals surface area contributed by atoms with Gasteiger partial charge in [-0.25, -0.2) is 52.5 Å². The minimum absolute atomic E-state index is 0.0772. The van der Waals surface area contributed by atoms with Crippen LogP contribution in [0.4, 0.5) is 78.9 Å². The monoisotopic (exact) mass is 1690 g/mol. The summed E-state index contributed by atoms with van der Waals surface area (Å²) in [5.41, 5.74) is 23.7. The number of hydrogen-bond donors (Lipinski definition) is 9. The van der Waals surface area contributed by atoms with Gasteiger partial charge in [0.2, 0.25) is 0 Å². The van der Waals surface area contributed by atoms with Gasteiger partial charge in [0, 0.05) is 105 Å². The number of hydrogen-bond acceptors (Lipinski definition) is 17. The fourth-order valence-corrected chi connectivity index (χ4v) is 16.2. The van der Waals surface area contributed by atoms with Crippen molar-refractivity contribution in [1.82, 2.24) is 39.9 Å². The first-order chi connectivity index (χ1) is 58.0. The Morgan fingerprint density at radius 2 is 0.650 bits per heavy atom. The molecule has 600 valence electrons. The van der Waals surface area contributed by atoms with Gasteiger partial charge in [-0.1, -0.05) is 113 Å². The number of anilines is 9. The topological polar surface area (TPSA) is 277 Å². The lowest BCUT2D eigenvalue weighted by Crippen LogP contribution is -2.20. The average Bonchev–Trinajstić information content (AvgIpc) is 1.64. The quantitative estimate of drug-likeness (QED) is 0.0407. The fraction of sp³-hybridized carbons (Fsp3) is 0.0870. The third-order valence-electron chi connectivity index (χ3n) is 17.9. The van der Waals surface area contributed by atoms with Gasteiger partial charge in [-0.2, -0.15) is 0 Å². The molecule has 0 aliphatic carbocycles. The summed E-state index contributed by atoms with van der Waals surface area (Å²) in [6.45, 7) is 15.6. The number of carbonyl (C=O) groups excluding carboxylic acids is 3. The van der Waals surface area contributed by atoms with Crippen LogP contribution in [-0.4, -0.2) is 63.1 Å². The van der Waals surface area contributed by atoms with Gasteiger partial charge in [-0.3, -0.25) is 15.0 Å². The summed E-state index contributed by atoms with van der Waals surface area (Å²) in [6, 6.07) is 66.3. The third-order valence-corrected chi connectivity index (χ3v) is 22.2. The van der Waals surface area contributed by atoms with Crippen molar-refractivity contribution in [3.8, 4) is 86.8 Å². The number of rotatable bonds is 16. The number of nitrogens with two attached hydrogens (primary N) is 1. The van der Waals surface area contributed by atoms with Crippen molar-refractivity contribution in [2.24, 2.45) is 0 Å². The first-order valence-corrected chi connectivity index (χ1v) is 41.1. The van der Waals surface area contributed by atoms with Crippen LogP contribution in [0.1, 0.15) is 42.3 Å². The Balaban J connectivity index is 0.000000138. The van der Waals surface area contributed by atoms with Crippen LogP contribution in [0, 0.1) is 72.8 Å². The van der Waals surface area contributed by atoms with Crippen molar-refractivity contribution in [1.29, 1.82) is 0 Å². The van der Waals surface area contributed by atoms with Gasteiger partial charge in [0.25, 0.3) is 0 Å². The van der Waals surface area contributed by atoms with Crippen molar-refractivity contribution < 1.29 is 27.6 Å². The van der Waals surface area contributed by atoms with Crippen molar-refractivity contribution in [3.05, 3.63) is 328 Å². The number of amides is 6. The van der Waals surface area contributed by atoms with Crippen LogP contribution in [-0.2, 0) is 0 Å². The molecular weight excluding hydrogens is 1610 g/mol. The van der Waals surface area contributed by atoms with Crippen LogP contribution in [0.15, 0.2) is 268 Å². The maximum Gasteiger partial charge on any atom is 0.323 e. The second-order valence-electron chi connectivity index (χ2n) is 27.2. The second kappa shape index (κ2) is 39.3. The zero-order chi connectivity index (χ0) is 84.3. The molecular formula is C92H78F3N17O3S5. The van der Waals surface area contributed by atoms with Gasteiger partial charge in [-0.15, -0.1) is 45.3 Å². The van der Waals surface area contributed by atoms with Crippen LogP contribution in [0.5, 0.6) is 0 Å². The first-order valence-electron chi connectivity index (χ1n) is 37.4. The van der Waals surface area contributed by atoms with E-state index in [4.69, 9.17) is 22.9 Å². The summed E-state index contributed by atoms with van der Waals surface area (Å²) in [7, 11) is 0. The molecule has 8 aromatic carbocycles. The Bertz CT molecular complexity index is 6110. The van der Waals surface area contributed by atoms with Crippen LogP contribution in [0.25, 0.3) is 86.8 Å². The number of benzene rings is 8. The molecule has 10 N–H and O–H groups in total. The third kappa shape index (κ3) is 22.2. The molecule has 8 aromatic heterocycles. The number of halogens is 3. The van der Waals surface area contributed by atoms with Gasteiger partial charge in [0.15, 0.2) is 16.7 Å². The molecule has 0 saturated carbocycles. The molecule has 0 radical (unpaired) electrons. The Labute approximate surface area is 712 Å². The van der Waals surface area contributed by atoms with Crippen LogP contribution in [0.2, 0.25) is 0 Å². The zero-order valence-corrected chi connectivity index (χ0v) is 70.0. The number of carbonyl (C=O) groups is 3. The van der Waals surface area contributed by atoms with E-state index in [2.05, 4.69) is 109 Å². The molecule has 0 aliphatic rings. The number of aromatic nitrogens is 8. The van der Waals surface area contributed by atoms with Crippen LogP contribution in [0.3, 0.4) is 0 Å². The number of aryl methyl sites for hydroxylation is 8. The van der Waals surface area contributed by atoms with E-state index >= 15 is 8.78 Å².